The molecule has 5 heteroatoms. The van der Waals surface area contributed by atoms with Crippen LogP contribution in [-0.4, -0.2) is 16.2 Å². The first kappa shape index (κ1) is 30.5. The molecule has 3 heterocycles. The number of hydrogen-bond donors (Lipinski definition) is 0. The summed E-state index contributed by atoms with van der Waals surface area (Å²) in [5, 5.41) is 2.36. The van der Waals surface area contributed by atoms with Crippen molar-refractivity contribution >= 4 is 33.2 Å². The van der Waals surface area contributed by atoms with Crippen LogP contribution in [0.3, 0.4) is 0 Å². The van der Waals surface area contributed by atoms with Crippen molar-refractivity contribution in [3.8, 4) is 28.4 Å². The predicted octanol–water partition coefficient (Wildman–Crippen LogP) is 11.5. The second-order valence-corrected chi connectivity index (χ2v) is 13.8. The Balaban J connectivity index is 1.12. The summed E-state index contributed by atoms with van der Waals surface area (Å²) in [6.07, 6.45) is 1.92. The van der Waals surface area contributed by atoms with Crippen molar-refractivity contribution in [2.45, 2.75) is 40.0 Å². The van der Waals surface area contributed by atoms with Gasteiger partial charge in [-0.2, -0.15) is 0 Å². The van der Waals surface area contributed by atoms with E-state index in [9.17, 15) is 0 Å². The number of rotatable bonds is 6. The van der Waals surface area contributed by atoms with Gasteiger partial charge < -0.3 is 14.5 Å². The highest BCUT2D eigenvalue weighted by atomic mass is 16.5. The van der Waals surface area contributed by atoms with Crippen LogP contribution in [0.15, 0.2) is 151 Å². The van der Waals surface area contributed by atoms with Crippen LogP contribution in [0.2, 0.25) is 0 Å². The average Bonchev–Trinajstić information content (AvgIpc) is 3.61. The molecule has 8 rings (SSSR count). The number of aromatic nitrogens is 2. The van der Waals surface area contributed by atoms with E-state index >= 15 is 0 Å². The second-order valence-electron chi connectivity index (χ2n) is 13.8. The van der Waals surface area contributed by atoms with Gasteiger partial charge >= 0.3 is 0 Å². The number of ether oxygens (including phenoxy) is 1. The van der Waals surface area contributed by atoms with Gasteiger partial charge in [0, 0.05) is 51.7 Å². The number of hydrogen-bond acceptors (Lipinski definition) is 4. The molecular weight excluding hydrogens is 601 g/mol. The Hall–Kier alpha value is -5.81. The molecule has 0 N–H and O–H groups in total. The van der Waals surface area contributed by atoms with Crippen LogP contribution in [0, 0.1) is 0 Å². The highest BCUT2D eigenvalue weighted by Crippen LogP contribution is 2.40. The SMILES string of the molecule is CC1=C(C)N(c2ccccc2-c2ccccc2)CN1c1cccc(Oc2ccc3c4ccccc4n(-c4cc(C(C)(C)C)ccn4)c3c2)c1. The Kier molecular flexibility index (Phi) is 7.48. The molecule has 7 aromatic rings. The van der Waals surface area contributed by atoms with Crippen molar-refractivity contribution in [3.05, 3.63) is 157 Å². The molecule has 1 aliphatic heterocycles. The highest BCUT2D eigenvalue weighted by Gasteiger charge is 2.27. The average molecular weight is 641 g/mol. The van der Waals surface area contributed by atoms with E-state index in [1.54, 1.807) is 0 Å². The fourth-order valence-corrected chi connectivity index (χ4v) is 6.97. The van der Waals surface area contributed by atoms with Crippen molar-refractivity contribution in [2.24, 2.45) is 0 Å². The minimum absolute atomic E-state index is 0.0134. The molecular formula is C44H40N4O. The maximum absolute atomic E-state index is 6.61. The Morgan fingerprint density at radius 1 is 0.612 bits per heavy atom. The molecule has 0 spiro atoms. The fourth-order valence-electron chi connectivity index (χ4n) is 6.97. The molecule has 2 aromatic heterocycles. The van der Waals surface area contributed by atoms with Gasteiger partial charge in [-0.25, -0.2) is 4.98 Å². The van der Waals surface area contributed by atoms with Crippen LogP contribution in [0.1, 0.15) is 40.2 Å². The summed E-state index contributed by atoms with van der Waals surface area (Å²) in [4.78, 5) is 9.60. The molecule has 0 atom stereocenters. The highest BCUT2D eigenvalue weighted by molar-refractivity contribution is 6.09. The van der Waals surface area contributed by atoms with Crippen LogP contribution in [-0.2, 0) is 5.41 Å². The van der Waals surface area contributed by atoms with Gasteiger partial charge in [-0.05, 0) is 78.9 Å². The van der Waals surface area contributed by atoms with E-state index in [4.69, 9.17) is 9.72 Å². The summed E-state index contributed by atoms with van der Waals surface area (Å²) in [6, 6.07) is 46.9. The zero-order valence-electron chi connectivity index (χ0n) is 28.7. The van der Waals surface area contributed by atoms with Crippen molar-refractivity contribution in [2.75, 3.05) is 16.5 Å². The molecule has 0 bridgehead atoms. The molecule has 242 valence electrons. The number of anilines is 2. The smallest absolute Gasteiger partial charge is 0.137 e. The van der Waals surface area contributed by atoms with Crippen LogP contribution in [0.4, 0.5) is 11.4 Å². The molecule has 0 radical (unpaired) electrons. The summed E-state index contributed by atoms with van der Waals surface area (Å²) < 4.78 is 8.87. The Bertz CT molecular complexity index is 2360. The number of allylic oxidation sites excluding steroid dienone is 2. The maximum atomic E-state index is 6.61. The van der Waals surface area contributed by atoms with Crippen molar-refractivity contribution in [3.63, 3.8) is 0 Å². The Morgan fingerprint density at radius 2 is 1.33 bits per heavy atom. The van der Waals surface area contributed by atoms with E-state index in [1.807, 2.05) is 12.3 Å². The van der Waals surface area contributed by atoms with Crippen LogP contribution in [0.5, 0.6) is 11.5 Å². The summed E-state index contributed by atoms with van der Waals surface area (Å²) in [7, 11) is 0. The minimum Gasteiger partial charge on any atom is -0.457 e. The van der Waals surface area contributed by atoms with Gasteiger partial charge in [0.2, 0.25) is 0 Å². The zero-order chi connectivity index (χ0) is 33.7. The first-order chi connectivity index (χ1) is 23.8. The molecule has 0 amide bonds. The van der Waals surface area contributed by atoms with Crippen molar-refractivity contribution in [1.29, 1.82) is 0 Å². The zero-order valence-corrected chi connectivity index (χ0v) is 28.7. The van der Waals surface area contributed by atoms with E-state index in [2.05, 4.69) is 176 Å². The van der Waals surface area contributed by atoms with E-state index in [0.717, 1.165) is 40.7 Å². The third kappa shape index (κ3) is 5.51. The molecule has 0 saturated carbocycles. The van der Waals surface area contributed by atoms with Crippen LogP contribution >= 0.6 is 0 Å². The topological polar surface area (TPSA) is 33.5 Å². The van der Waals surface area contributed by atoms with Crippen molar-refractivity contribution < 1.29 is 4.74 Å². The lowest BCUT2D eigenvalue weighted by molar-refractivity contribution is 0.483. The minimum atomic E-state index is 0.0134. The van der Waals surface area contributed by atoms with E-state index < -0.39 is 0 Å². The number of fused-ring (bicyclic) bond motifs is 3. The molecule has 0 unspecified atom stereocenters. The third-order valence-electron chi connectivity index (χ3n) is 9.75. The second kappa shape index (κ2) is 12.0. The Labute approximate surface area is 288 Å². The quantitative estimate of drug-likeness (QED) is 0.181. The van der Waals surface area contributed by atoms with E-state index in [1.165, 1.54) is 44.5 Å². The first-order valence-corrected chi connectivity index (χ1v) is 16.9. The predicted molar refractivity (Wildman–Crippen MR) is 204 cm³/mol. The monoisotopic (exact) mass is 640 g/mol. The molecule has 5 aromatic carbocycles. The van der Waals surface area contributed by atoms with Gasteiger partial charge in [0.05, 0.1) is 23.4 Å². The van der Waals surface area contributed by atoms with Crippen molar-refractivity contribution in [1.82, 2.24) is 9.55 Å². The van der Waals surface area contributed by atoms with Crippen LogP contribution < -0.4 is 14.5 Å². The molecule has 1 aliphatic rings. The fraction of sp³-hybridized carbons (Fsp3) is 0.159. The number of benzene rings is 5. The summed E-state index contributed by atoms with van der Waals surface area (Å²) in [5.41, 5.74) is 10.6. The van der Waals surface area contributed by atoms with Gasteiger partial charge in [-0.1, -0.05) is 93.6 Å². The summed E-state index contributed by atoms with van der Waals surface area (Å²) in [6.45, 7) is 11.8. The number of para-hydroxylation sites is 2. The standard InChI is InChI=1S/C44H40N4O/c1-30-31(2)47(40-20-11-9-18-37(40)32-14-7-6-8-15-32)29-46(30)34-16-13-17-35(27-34)49-36-22-23-39-38-19-10-12-21-41(38)48(42(39)28-36)43-26-33(24-25-45-43)44(3,4)5/h6-28H,29H2,1-5H3. The molecule has 0 aliphatic carbocycles. The maximum Gasteiger partial charge on any atom is 0.137 e. The van der Waals surface area contributed by atoms with E-state index in [0.29, 0.717) is 0 Å². The van der Waals surface area contributed by atoms with Gasteiger partial charge in [0.25, 0.3) is 0 Å². The van der Waals surface area contributed by atoms with Gasteiger partial charge in [0.1, 0.15) is 17.3 Å². The summed E-state index contributed by atoms with van der Waals surface area (Å²) in [5.74, 6) is 2.48. The normalized spacial score (nSPS) is 13.6. The van der Waals surface area contributed by atoms with Gasteiger partial charge in [-0.3, -0.25) is 4.57 Å². The Morgan fingerprint density at radius 3 is 2.16 bits per heavy atom. The van der Waals surface area contributed by atoms with E-state index in [-0.39, 0.29) is 5.41 Å². The molecule has 0 saturated heterocycles. The number of nitrogens with zero attached hydrogens (tertiary/aromatic N) is 4. The third-order valence-corrected chi connectivity index (χ3v) is 9.75. The lowest BCUT2D eigenvalue weighted by Gasteiger charge is -2.26. The molecule has 5 nitrogen and oxygen atoms in total. The van der Waals surface area contributed by atoms with Gasteiger partial charge in [0.15, 0.2) is 0 Å². The molecule has 0 fully saturated rings. The lowest BCUT2D eigenvalue weighted by Crippen LogP contribution is -2.27. The first-order valence-electron chi connectivity index (χ1n) is 16.9. The van der Waals surface area contributed by atoms with Crippen LogP contribution in [0.25, 0.3) is 38.8 Å². The largest absolute Gasteiger partial charge is 0.457 e. The van der Waals surface area contributed by atoms with Gasteiger partial charge in [-0.15, -0.1) is 0 Å². The molecule has 49 heavy (non-hydrogen) atoms. The summed E-state index contributed by atoms with van der Waals surface area (Å²) >= 11 is 0. The number of pyridine rings is 1. The lowest BCUT2D eigenvalue weighted by atomic mass is 9.88.